The van der Waals surface area contributed by atoms with Crippen LogP contribution in [0, 0.1) is 0 Å². The lowest BCUT2D eigenvalue weighted by atomic mass is 9.96. The van der Waals surface area contributed by atoms with Gasteiger partial charge in [0.1, 0.15) is 11.3 Å². The number of hydrogen-bond donors (Lipinski definition) is 1. The molecule has 0 saturated carbocycles. The first-order chi connectivity index (χ1) is 14.8. The molecule has 0 saturated heterocycles. The fourth-order valence-electron chi connectivity index (χ4n) is 4.19. The van der Waals surface area contributed by atoms with Gasteiger partial charge in [-0.15, -0.1) is 0 Å². The molecule has 3 heteroatoms. The maximum atomic E-state index is 9.91. The molecule has 0 fully saturated rings. The van der Waals surface area contributed by atoms with Gasteiger partial charge in [-0.25, -0.2) is 4.98 Å². The van der Waals surface area contributed by atoms with Crippen molar-refractivity contribution in [2.75, 3.05) is 0 Å². The predicted molar refractivity (Wildman–Crippen MR) is 122 cm³/mol. The molecule has 0 aliphatic carbocycles. The molecule has 0 atom stereocenters. The quantitative estimate of drug-likeness (QED) is 0.342. The smallest absolute Gasteiger partial charge is 0.228 e. The molecule has 0 unspecified atom stereocenters. The molecule has 30 heavy (non-hydrogen) atoms. The Balaban J connectivity index is 1.74. The normalized spacial score (nSPS) is 11.5. The van der Waals surface area contributed by atoms with Gasteiger partial charge in [0.25, 0.3) is 0 Å². The fourth-order valence-corrected chi connectivity index (χ4v) is 4.19. The van der Waals surface area contributed by atoms with Crippen molar-refractivity contribution in [2.24, 2.45) is 0 Å². The van der Waals surface area contributed by atoms with Crippen molar-refractivity contribution in [3.05, 3.63) is 97.1 Å². The number of hydrogen-bond acceptors (Lipinski definition) is 3. The predicted octanol–water partition coefficient (Wildman–Crippen LogP) is 7.17. The number of phenols is 1. The van der Waals surface area contributed by atoms with Crippen LogP contribution in [0.2, 0.25) is 0 Å². The van der Waals surface area contributed by atoms with E-state index in [9.17, 15) is 5.11 Å². The molecule has 6 rings (SSSR count). The van der Waals surface area contributed by atoms with Crippen LogP contribution in [0.4, 0.5) is 0 Å². The zero-order valence-electron chi connectivity index (χ0n) is 16.0. The highest BCUT2D eigenvalue weighted by molar-refractivity contribution is 6.12. The molecule has 0 bridgehead atoms. The van der Waals surface area contributed by atoms with Crippen molar-refractivity contribution >= 4 is 32.8 Å². The highest BCUT2D eigenvalue weighted by Crippen LogP contribution is 2.40. The maximum absolute atomic E-state index is 9.91. The minimum atomic E-state index is 0.178. The lowest BCUT2D eigenvalue weighted by molar-refractivity contribution is 0.475. The van der Waals surface area contributed by atoms with E-state index in [2.05, 4.69) is 48.5 Å². The summed E-state index contributed by atoms with van der Waals surface area (Å²) in [6.45, 7) is 0. The van der Waals surface area contributed by atoms with Gasteiger partial charge in [-0.2, -0.15) is 0 Å². The van der Waals surface area contributed by atoms with Crippen molar-refractivity contribution < 1.29 is 9.52 Å². The summed E-state index contributed by atoms with van der Waals surface area (Å²) in [5.41, 5.74) is 5.29. The van der Waals surface area contributed by atoms with Crippen LogP contribution >= 0.6 is 0 Å². The number of aromatic nitrogens is 1. The van der Waals surface area contributed by atoms with Crippen LogP contribution in [0.15, 0.2) is 101 Å². The summed E-state index contributed by atoms with van der Waals surface area (Å²) >= 11 is 0. The third-order valence-electron chi connectivity index (χ3n) is 5.58. The summed E-state index contributed by atoms with van der Waals surface area (Å²) in [5, 5.41) is 14.1. The summed E-state index contributed by atoms with van der Waals surface area (Å²) in [7, 11) is 0. The number of benzene rings is 4. The van der Waals surface area contributed by atoms with Crippen molar-refractivity contribution in [1.29, 1.82) is 0 Å². The third-order valence-corrected chi connectivity index (χ3v) is 5.58. The Labute approximate surface area is 172 Å². The number of rotatable bonds is 2. The SMILES string of the molecule is Oc1ccc2c(c1)oc1nc(-c3cccc4ccccc34)cc(-c3ccccc3)c12. The van der Waals surface area contributed by atoms with Gasteiger partial charge in [0, 0.05) is 17.0 Å². The Morgan fingerprint density at radius 1 is 0.667 bits per heavy atom. The van der Waals surface area contributed by atoms with Gasteiger partial charge in [0.2, 0.25) is 5.71 Å². The molecular weight excluding hydrogens is 370 g/mol. The molecule has 0 radical (unpaired) electrons. The van der Waals surface area contributed by atoms with E-state index in [0.29, 0.717) is 11.3 Å². The lowest BCUT2D eigenvalue weighted by Gasteiger charge is -2.10. The molecule has 0 aliphatic heterocycles. The monoisotopic (exact) mass is 387 g/mol. The van der Waals surface area contributed by atoms with Gasteiger partial charge in [0.05, 0.1) is 11.1 Å². The summed E-state index contributed by atoms with van der Waals surface area (Å²) < 4.78 is 6.10. The Kier molecular flexibility index (Phi) is 3.62. The van der Waals surface area contributed by atoms with E-state index in [1.54, 1.807) is 12.1 Å². The van der Waals surface area contributed by atoms with E-state index >= 15 is 0 Å². The lowest BCUT2D eigenvalue weighted by Crippen LogP contribution is -1.89. The third kappa shape index (κ3) is 2.56. The van der Waals surface area contributed by atoms with E-state index in [1.807, 2.05) is 36.4 Å². The fraction of sp³-hybridized carbons (Fsp3) is 0. The molecule has 0 spiro atoms. The molecular formula is C27H17NO2. The van der Waals surface area contributed by atoms with Gasteiger partial charge in [0.15, 0.2) is 0 Å². The van der Waals surface area contributed by atoms with Crippen LogP contribution in [0.5, 0.6) is 5.75 Å². The summed E-state index contributed by atoms with van der Waals surface area (Å²) in [4.78, 5) is 4.90. The van der Waals surface area contributed by atoms with Crippen LogP contribution in [-0.4, -0.2) is 10.1 Å². The zero-order chi connectivity index (χ0) is 20.1. The second-order valence-corrected chi connectivity index (χ2v) is 7.41. The number of fused-ring (bicyclic) bond motifs is 4. The number of aromatic hydroxyl groups is 1. The summed E-state index contributed by atoms with van der Waals surface area (Å²) in [6.07, 6.45) is 0. The minimum Gasteiger partial charge on any atom is -0.508 e. The van der Waals surface area contributed by atoms with Crippen molar-refractivity contribution in [2.45, 2.75) is 0 Å². The first-order valence-corrected chi connectivity index (χ1v) is 9.88. The van der Waals surface area contributed by atoms with E-state index in [4.69, 9.17) is 9.40 Å². The van der Waals surface area contributed by atoms with Gasteiger partial charge in [-0.05, 0) is 40.1 Å². The van der Waals surface area contributed by atoms with Gasteiger partial charge in [-0.3, -0.25) is 0 Å². The molecule has 6 aromatic rings. The molecule has 0 amide bonds. The van der Waals surface area contributed by atoms with E-state index < -0.39 is 0 Å². The standard InChI is InChI=1S/C27H17NO2/c29-19-13-14-22-25(15-19)30-27-26(22)23(18-7-2-1-3-8-18)16-24(28-27)21-12-6-10-17-9-4-5-11-20(17)21/h1-16,29H. The van der Waals surface area contributed by atoms with Crippen molar-refractivity contribution in [3.63, 3.8) is 0 Å². The average Bonchev–Trinajstić information content (AvgIpc) is 3.16. The topological polar surface area (TPSA) is 46.3 Å². The minimum absolute atomic E-state index is 0.178. The van der Waals surface area contributed by atoms with Gasteiger partial charge >= 0.3 is 0 Å². The zero-order valence-corrected chi connectivity index (χ0v) is 16.0. The Morgan fingerprint density at radius 2 is 1.47 bits per heavy atom. The van der Waals surface area contributed by atoms with Gasteiger partial charge in [-0.1, -0.05) is 72.8 Å². The molecule has 2 heterocycles. The van der Waals surface area contributed by atoms with E-state index in [0.717, 1.165) is 38.5 Å². The number of furan rings is 1. The molecule has 3 nitrogen and oxygen atoms in total. The Morgan fingerprint density at radius 3 is 2.37 bits per heavy atom. The average molecular weight is 387 g/mol. The summed E-state index contributed by atoms with van der Waals surface area (Å²) in [5.74, 6) is 0.178. The highest BCUT2D eigenvalue weighted by Gasteiger charge is 2.17. The first-order valence-electron chi connectivity index (χ1n) is 9.88. The van der Waals surface area contributed by atoms with Crippen molar-refractivity contribution in [1.82, 2.24) is 4.98 Å². The van der Waals surface area contributed by atoms with Crippen LogP contribution in [0.25, 0.3) is 55.2 Å². The van der Waals surface area contributed by atoms with E-state index in [1.165, 1.54) is 5.39 Å². The number of nitrogens with zero attached hydrogens (tertiary/aromatic N) is 1. The van der Waals surface area contributed by atoms with Crippen molar-refractivity contribution in [3.8, 4) is 28.1 Å². The van der Waals surface area contributed by atoms with E-state index in [-0.39, 0.29) is 5.75 Å². The van der Waals surface area contributed by atoms with Crippen LogP contribution in [0.3, 0.4) is 0 Å². The molecule has 142 valence electrons. The number of pyridine rings is 1. The van der Waals surface area contributed by atoms with Crippen LogP contribution in [0.1, 0.15) is 0 Å². The number of phenolic OH excluding ortho intramolecular Hbond substituents is 1. The Hall–Kier alpha value is -4.11. The molecule has 4 aromatic carbocycles. The Bertz CT molecular complexity index is 1540. The summed E-state index contributed by atoms with van der Waals surface area (Å²) in [6, 6.07) is 32.2. The van der Waals surface area contributed by atoms with Gasteiger partial charge < -0.3 is 9.52 Å². The molecule has 0 aliphatic rings. The highest BCUT2D eigenvalue weighted by atomic mass is 16.3. The van der Waals surface area contributed by atoms with Crippen LogP contribution in [-0.2, 0) is 0 Å². The first kappa shape index (κ1) is 16.8. The second-order valence-electron chi connectivity index (χ2n) is 7.41. The molecule has 1 N–H and O–H groups in total. The van der Waals surface area contributed by atoms with Crippen LogP contribution < -0.4 is 0 Å². The second kappa shape index (κ2) is 6.46. The maximum Gasteiger partial charge on any atom is 0.228 e. The molecule has 2 aromatic heterocycles. The largest absolute Gasteiger partial charge is 0.508 e.